The van der Waals surface area contributed by atoms with Crippen molar-refractivity contribution < 1.29 is 9.53 Å². The van der Waals surface area contributed by atoms with Gasteiger partial charge < -0.3 is 4.74 Å². The molecule has 2 heteroatoms. The predicted molar refractivity (Wildman–Crippen MR) is 68.7 cm³/mol. The van der Waals surface area contributed by atoms with Crippen LogP contribution in [-0.2, 0) is 9.53 Å². The molecule has 6 atom stereocenters. The molecule has 4 saturated carbocycles. The highest BCUT2D eigenvalue weighted by Crippen LogP contribution is 2.78. The fraction of sp³-hybridized carbons (Fsp3) is 0.812. The summed E-state index contributed by atoms with van der Waals surface area (Å²) in [7, 11) is 0. The summed E-state index contributed by atoms with van der Waals surface area (Å²) < 4.78 is 5.02. The fourth-order valence-electron chi connectivity index (χ4n) is 5.53. The van der Waals surface area contributed by atoms with Crippen LogP contribution in [0.15, 0.2) is 11.6 Å². The maximum atomic E-state index is 10.7. The number of carbonyl (C=O) groups is 1. The van der Waals surface area contributed by atoms with Crippen molar-refractivity contribution in [2.24, 2.45) is 35.5 Å². The second kappa shape index (κ2) is 3.85. The van der Waals surface area contributed by atoms with Gasteiger partial charge in [-0.25, -0.2) is 0 Å². The lowest BCUT2D eigenvalue weighted by atomic mass is 9.88. The molecule has 0 aromatic heterocycles. The Bertz CT molecular complexity index is 411. The molecule has 0 aromatic rings. The molecule has 0 amide bonds. The number of carbonyl (C=O) groups excluding carboxylic acids is 1. The van der Waals surface area contributed by atoms with Crippen molar-refractivity contribution in [3.63, 3.8) is 0 Å². The molecule has 0 saturated heterocycles. The summed E-state index contributed by atoms with van der Waals surface area (Å²) in [4.78, 5) is 10.7. The number of ether oxygens (including phenoxy) is 1. The first kappa shape index (κ1) is 11.1. The van der Waals surface area contributed by atoms with Gasteiger partial charge in [0.25, 0.3) is 0 Å². The summed E-state index contributed by atoms with van der Waals surface area (Å²) >= 11 is 0. The summed E-state index contributed by atoms with van der Waals surface area (Å²) in [6.07, 6.45) is 8.94. The largest absolute Gasteiger partial charge is 0.466 e. The van der Waals surface area contributed by atoms with Crippen LogP contribution in [0.25, 0.3) is 0 Å². The van der Waals surface area contributed by atoms with Gasteiger partial charge in [0.05, 0.1) is 6.61 Å². The van der Waals surface area contributed by atoms with E-state index in [1.807, 2.05) is 0 Å². The van der Waals surface area contributed by atoms with Crippen LogP contribution in [0.3, 0.4) is 0 Å². The van der Waals surface area contributed by atoms with Gasteiger partial charge in [0.1, 0.15) is 0 Å². The van der Waals surface area contributed by atoms with E-state index in [2.05, 4.69) is 6.08 Å². The SMILES string of the molecule is CC(=O)OCCCC1=CCC2C3CC4C2C4C3C1. The Labute approximate surface area is 109 Å². The van der Waals surface area contributed by atoms with Gasteiger partial charge in [0, 0.05) is 6.92 Å². The van der Waals surface area contributed by atoms with Crippen molar-refractivity contribution in [3.8, 4) is 0 Å². The van der Waals surface area contributed by atoms with Crippen LogP contribution in [0, 0.1) is 35.5 Å². The van der Waals surface area contributed by atoms with Crippen LogP contribution in [0.2, 0.25) is 0 Å². The molecular formula is C16H22O2. The molecule has 0 radical (unpaired) electrons. The Hall–Kier alpha value is -0.790. The van der Waals surface area contributed by atoms with E-state index in [0.29, 0.717) is 6.61 Å². The molecule has 6 unspecified atom stereocenters. The molecule has 5 aliphatic rings. The Kier molecular flexibility index (Phi) is 2.37. The first-order chi connectivity index (χ1) is 8.75. The zero-order valence-corrected chi connectivity index (χ0v) is 11.1. The van der Waals surface area contributed by atoms with Crippen LogP contribution in [0.5, 0.6) is 0 Å². The van der Waals surface area contributed by atoms with Crippen molar-refractivity contribution in [1.29, 1.82) is 0 Å². The first-order valence-corrected chi connectivity index (χ1v) is 7.57. The van der Waals surface area contributed by atoms with E-state index in [4.69, 9.17) is 4.74 Å². The normalized spacial score (nSPS) is 46.6. The zero-order chi connectivity index (χ0) is 12.3. The van der Waals surface area contributed by atoms with Gasteiger partial charge in [-0.1, -0.05) is 11.6 Å². The predicted octanol–water partition coefficient (Wildman–Crippen LogP) is 3.18. The van der Waals surface area contributed by atoms with Crippen molar-refractivity contribution in [3.05, 3.63) is 11.6 Å². The average molecular weight is 246 g/mol. The van der Waals surface area contributed by atoms with Gasteiger partial charge in [0.15, 0.2) is 0 Å². The maximum Gasteiger partial charge on any atom is 0.302 e. The molecule has 0 N–H and O–H groups in total. The Morgan fingerprint density at radius 2 is 2.11 bits per heavy atom. The minimum absolute atomic E-state index is 0.148. The number of allylic oxidation sites excluding steroid dienone is 2. The average Bonchev–Trinajstić information content (AvgIpc) is 2.62. The van der Waals surface area contributed by atoms with Crippen LogP contribution in [0.4, 0.5) is 0 Å². The minimum atomic E-state index is -0.148. The molecule has 0 heterocycles. The van der Waals surface area contributed by atoms with E-state index in [1.165, 1.54) is 19.8 Å². The highest BCUT2D eigenvalue weighted by Gasteiger charge is 2.72. The Balaban J connectivity index is 1.33. The lowest BCUT2D eigenvalue weighted by molar-refractivity contribution is -0.141. The van der Waals surface area contributed by atoms with Gasteiger partial charge in [-0.2, -0.15) is 0 Å². The number of esters is 1. The molecule has 98 valence electrons. The van der Waals surface area contributed by atoms with E-state index in [1.54, 1.807) is 12.0 Å². The fourth-order valence-corrected chi connectivity index (χ4v) is 5.53. The first-order valence-electron chi connectivity index (χ1n) is 7.57. The van der Waals surface area contributed by atoms with Crippen LogP contribution in [-0.4, -0.2) is 12.6 Å². The lowest BCUT2D eigenvalue weighted by Gasteiger charge is -2.16. The molecular weight excluding hydrogens is 224 g/mol. The van der Waals surface area contributed by atoms with Crippen LogP contribution < -0.4 is 0 Å². The second-order valence-corrected chi connectivity index (χ2v) is 6.79. The summed E-state index contributed by atoms with van der Waals surface area (Å²) in [6.45, 7) is 2.09. The highest BCUT2D eigenvalue weighted by atomic mass is 16.5. The van der Waals surface area contributed by atoms with E-state index in [9.17, 15) is 4.79 Å². The van der Waals surface area contributed by atoms with E-state index in [0.717, 1.165) is 48.3 Å². The summed E-state index contributed by atoms with van der Waals surface area (Å²) in [6, 6.07) is 0. The molecule has 5 aliphatic carbocycles. The minimum Gasteiger partial charge on any atom is -0.466 e. The summed E-state index contributed by atoms with van der Waals surface area (Å²) in [5, 5.41) is 0. The molecule has 5 rings (SSSR count). The van der Waals surface area contributed by atoms with Crippen molar-refractivity contribution >= 4 is 5.97 Å². The molecule has 0 aromatic carbocycles. The Morgan fingerprint density at radius 3 is 2.89 bits per heavy atom. The molecule has 0 aliphatic heterocycles. The van der Waals surface area contributed by atoms with E-state index in [-0.39, 0.29) is 5.97 Å². The van der Waals surface area contributed by atoms with Crippen LogP contribution >= 0.6 is 0 Å². The summed E-state index contributed by atoms with van der Waals surface area (Å²) in [5.74, 6) is 6.41. The highest BCUT2D eigenvalue weighted by molar-refractivity contribution is 5.65. The molecule has 6 bridgehead atoms. The molecule has 0 spiro atoms. The standard InChI is InChI=1S/C16H22O2/c1-9(17)18-6-2-3-10-4-5-11-12-8-14-15(11)16(14)13(12)7-10/h4,11-16H,2-3,5-8H2,1H3. The van der Waals surface area contributed by atoms with Gasteiger partial charge in [-0.05, 0) is 67.6 Å². The van der Waals surface area contributed by atoms with E-state index < -0.39 is 0 Å². The zero-order valence-electron chi connectivity index (χ0n) is 11.1. The van der Waals surface area contributed by atoms with Crippen molar-refractivity contribution in [2.45, 2.75) is 39.0 Å². The third-order valence-electron chi connectivity index (χ3n) is 6.05. The van der Waals surface area contributed by atoms with Gasteiger partial charge in [-0.15, -0.1) is 0 Å². The van der Waals surface area contributed by atoms with Gasteiger partial charge in [0.2, 0.25) is 0 Å². The number of hydrogen-bond donors (Lipinski definition) is 0. The van der Waals surface area contributed by atoms with Crippen molar-refractivity contribution in [1.82, 2.24) is 0 Å². The second-order valence-electron chi connectivity index (χ2n) is 6.79. The quantitative estimate of drug-likeness (QED) is 0.432. The van der Waals surface area contributed by atoms with E-state index >= 15 is 0 Å². The third-order valence-corrected chi connectivity index (χ3v) is 6.05. The molecule has 18 heavy (non-hydrogen) atoms. The Morgan fingerprint density at radius 1 is 1.28 bits per heavy atom. The lowest BCUT2D eigenvalue weighted by Crippen LogP contribution is -2.09. The van der Waals surface area contributed by atoms with Gasteiger partial charge in [-0.3, -0.25) is 4.79 Å². The topological polar surface area (TPSA) is 26.3 Å². The summed E-state index contributed by atoms with van der Waals surface area (Å²) in [5.41, 5.74) is 1.66. The van der Waals surface area contributed by atoms with Crippen LogP contribution in [0.1, 0.15) is 39.0 Å². The monoisotopic (exact) mass is 246 g/mol. The third kappa shape index (κ3) is 1.50. The smallest absolute Gasteiger partial charge is 0.302 e. The number of rotatable bonds is 4. The molecule has 2 nitrogen and oxygen atoms in total. The molecule has 4 fully saturated rings. The van der Waals surface area contributed by atoms with Crippen molar-refractivity contribution in [2.75, 3.05) is 6.61 Å². The number of hydrogen-bond acceptors (Lipinski definition) is 2. The van der Waals surface area contributed by atoms with Gasteiger partial charge >= 0.3 is 5.97 Å². The maximum absolute atomic E-state index is 10.7.